The highest BCUT2D eigenvalue weighted by Crippen LogP contribution is 2.56. The standard InChI is InChI=1S/C15H17NO3S/c1-2-19-14(18)12-13(17)16-9-6-10-20-15(12,16)11-7-4-3-5-8-11/h3-5,7-8,12H,2,6,9-10H2,1H3/t12-,15-/m0/s1. The highest BCUT2D eigenvalue weighted by atomic mass is 32.2. The Morgan fingerprint density at radius 3 is 2.90 bits per heavy atom. The monoisotopic (exact) mass is 291 g/mol. The lowest BCUT2D eigenvalue weighted by Crippen LogP contribution is -2.70. The summed E-state index contributed by atoms with van der Waals surface area (Å²) >= 11 is 1.68. The van der Waals surface area contributed by atoms with Crippen molar-refractivity contribution in [3.63, 3.8) is 0 Å². The second kappa shape index (κ2) is 5.13. The molecule has 2 atom stereocenters. The molecule has 0 bridgehead atoms. The summed E-state index contributed by atoms with van der Waals surface area (Å²) in [6.07, 6.45) is 0.973. The summed E-state index contributed by atoms with van der Waals surface area (Å²) in [4.78, 5) is 25.8. The van der Waals surface area contributed by atoms with Crippen LogP contribution in [0.25, 0.3) is 0 Å². The number of hydrogen-bond donors (Lipinski definition) is 0. The van der Waals surface area contributed by atoms with Gasteiger partial charge in [0.05, 0.1) is 6.61 Å². The summed E-state index contributed by atoms with van der Waals surface area (Å²) in [6, 6.07) is 9.82. The smallest absolute Gasteiger partial charge is 0.322 e. The summed E-state index contributed by atoms with van der Waals surface area (Å²) in [7, 11) is 0. The highest BCUT2D eigenvalue weighted by Gasteiger charge is 2.66. The number of benzene rings is 1. The van der Waals surface area contributed by atoms with Gasteiger partial charge in [0.1, 0.15) is 4.87 Å². The molecule has 5 heteroatoms. The third-order valence-electron chi connectivity index (χ3n) is 3.86. The van der Waals surface area contributed by atoms with Gasteiger partial charge in [0.25, 0.3) is 0 Å². The molecule has 0 aromatic heterocycles. The maximum atomic E-state index is 12.3. The lowest BCUT2D eigenvalue weighted by Gasteiger charge is -2.58. The van der Waals surface area contributed by atoms with E-state index in [1.807, 2.05) is 35.2 Å². The summed E-state index contributed by atoms with van der Waals surface area (Å²) in [5, 5.41) is 0. The highest BCUT2D eigenvalue weighted by molar-refractivity contribution is 8.00. The number of carbonyl (C=O) groups excluding carboxylic acids is 2. The van der Waals surface area contributed by atoms with E-state index >= 15 is 0 Å². The van der Waals surface area contributed by atoms with Crippen molar-refractivity contribution in [1.82, 2.24) is 4.90 Å². The van der Waals surface area contributed by atoms with Crippen molar-refractivity contribution in [3.05, 3.63) is 35.9 Å². The lowest BCUT2D eigenvalue weighted by molar-refractivity contribution is -0.177. The maximum absolute atomic E-state index is 12.3. The summed E-state index contributed by atoms with van der Waals surface area (Å²) in [6.45, 7) is 2.79. The quantitative estimate of drug-likeness (QED) is 0.485. The van der Waals surface area contributed by atoms with Gasteiger partial charge in [0.15, 0.2) is 5.92 Å². The van der Waals surface area contributed by atoms with E-state index < -0.39 is 16.8 Å². The van der Waals surface area contributed by atoms with E-state index in [1.165, 1.54) is 0 Å². The topological polar surface area (TPSA) is 46.6 Å². The Bertz CT molecular complexity index is 525. The fraction of sp³-hybridized carbons (Fsp3) is 0.467. The van der Waals surface area contributed by atoms with Gasteiger partial charge in [-0.05, 0) is 24.7 Å². The molecule has 2 fully saturated rings. The molecule has 2 aliphatic rings. The Hall–Kier alpha value is -1.49. The zero-order valence-corrected chi connectivity index (χ0v) is 12.2. The predicted octanol–water partition coefficient (Wildman–Crippen LogP) is 2.00. The molecule has 0 unspecified atom stereocenters. The van der Waals surface area contributed by atoms with Crippen molar-refractivity contribution in [2.24, 2.45) is 5.92 Å². The molecule has 4 nitrogen and oxygen atoms in total. The van der Waals surface area contributed by atoms with Crippen molar-refractivity contribution in [1.29, 1.82) is 0 Å². The van der Waals surface area contributed by atoms with Gasteiger partial charge in [-0.3, -0.25) is 9.59 Å². The number of β-lactam (4-membered cyclic amide) rings is 1. The van der Waals surface area contributed by atoms with Crippen molar-refractivity contribution in [3.8, 4) is 0 Å². The SMILES string of the molecule is CCOC(=O)[C@@H]1C(=O)N2CCCS[C@@]12c1ccccc1. The van der Waals surface area contributed by atoms with Crippen LogP contribution in [0.4, 0.5) is 0 Å². The molecule has 1 aromatic carbocycles. The molecule has 2 heterocycles. The fourth-order valence-electron chi connectivity index (χ4n) is 3.03. The van der Waals surface area contributed by atoms with E-state index in [0.717, 1.165) is 24.3 Å². The number of hydrogen-bond acceptors (Lipinski definition) is 4. The van der Waals surface area contributed by atoms with E-state index in [2.05, 4.69) is 0 Å². The Balaban J connectivity index is 2.01. The molecule has 106 valence electrons. The van der Waals surface area contributed by atoms with E-state index in [-0.39, 0.29) is 5.91 Å². The molecular formula is C15H17NO3S. The third-order valence-corrected chi connectivity index (χ3v) is 5.49. The third kappa shape index (κ3) is 1.76. The van der Waals surface area contributed by atoms with Crippen molar-refractivity contribution in [2.75, 3.05) is 18.9 Å². The second-order valence-corrected chi connectivity index (χ2v) is 6.26. The minimum atomic E-state index is -0.699. The van der Waals surface area contributed by atoms with Crippen LogP contribution < -0.4 is 0 Å². The molecule has 2 aliphatic heterocycles. The van der Waals surface area contributed by atoms with Crippen LogP contribution in [0.5, 0.6) is 0 Å². The van der Waals surface area contributed by atoms with E-state index in [9.17, 15) is 9.59 Å². The molecule has 2 saturated heterocycles. The molecule has 0 N–H and O–H groups in total. The molecule has 1 aromatic rings. The zero-order chi connectivity index (χ0) is 14.2. The van der Waals surface area contributed by atoms with Crippen LogP contribution in [0.1, 0.15) is 18.9 Å². The van der Waals surface area contributed by atoms with Crippen LogP contribution in [-0.4, -0.2) is 35.7 Å². The van der Waals surface area contributed by atoms with Gasteiger partial charge < -0.3 is 9.64 Å². The van der Waals surface area contributed by atoms with Crippen molar-refractivity contribution in [2.45, 2.75) is 18.2 Å². The van der Waals surface area contributed by atoms with E-state index in [4.69, 9.17) is 4.74 Å². The van der Waals surface area contributed by atoms with E-state index in [0.29, 0.717) is 6.61 Å². The van der Waals surface area contributed by atoms with E-state index in [1.54, 1.807) is 18.7 Å². The van der Waals surface area contributed by atoms with Crippen LogP contribution >= 0.6 is 11.8 Å². The first-order valence-corrected chi connectivity index (χ1v) is 7.88. The van der Waals surface area contributed by atoms with Crippen LogP contribution in [0.2, 0.25) is 0 Å². The van der Waals surface area contributed by atoms with Gasteiger partial charge in [-0.15, -0.1) is 11.8 Å². The minimum absolute atomic E-state index is 0.0977. The number of ether oxygens (including phenoxy) is 1. The van der Waals surface area contributed by atoms with Crippen molar-refractivity contribution < 1.29 is 14.3 Å². The first-order valence-electron chi connectivity index (χ1n) is 6.89. The summed E-state index contributed by atoms with van der Waals surface area (Å²) < 4.78 is 5.11. The summed E-state index contributed by atoms with van der Waals surface area (Å²) in [5.74, 6) is -0.240. The van der Waals surface area contributed by atoms with Crippen LogP contribution in [0.3, 0.4) is 0 Å². The lowest BCUT2D eigenvalue weighted by atomic mass is 9.81. The fourth-order valence-corrected chi connectivity index (χ4v) is 4.62. The predicted molar refractivity (Wildman–Crippen MR) is 77.0 cm³/mol. The van der Waals surface area contributed by atoms with Crippen LogP contribution in [0, 0.1) is 5.92 Å². The maximum Gasteiger partial charge on any atom is 0.322 e. The summed E-state index contributed by atoms with van der Waals surface area (Å²) in [5.41, 5.74) is 1.02. The largest absolute Gasteiger partial charge is 0.465 e. The molecule has 0 radical (unpaired) electrons. The van der Waals surface area contributed by atoms with Gasteiger partial charge in [-0.1, -0.05) is 30.3 Å². The van der Waals surface area contributed by atoms with Gasteiger partial charge in [0, 0.05) is 6.54 Å². The first-order chi connectivity index (χ1) is 9.71. The first kappa shape index (κ1) is 13.5. The average molecular weight is 291 g/mol. The van der Waals surface area contributed by atoms with Gasteiger partial charge in [0.2, 0.25) is 5.91 Å². The van der Waals surface area contributed by atoms with Crippen LogP contribution in [-0.2, 0) is 19.2 Å². The molecule has 0 saturated carbocycles. The average Bonchev–Trinajstić information content (AvgIpc) is 2.47. The second-order valence-electron chi connectivity index (χ2n) is 4.94. The van der Waals surface area contributed by atoms with Gasteiger partial charge >= 0.3 is 5.97 Å². The van der Waals surface area contributed by atoms with Gasteiger partial charge in [-0.25, -0.2) is 0 Å². The normalized spacial score (nSPS) is 28.6. The molecule has 1 amide bonds. The Morgan fingerprint density at radius 2 is 2.20 bits per heavy atom. The van der Waals surface area contributed by atoms with Crippen LogP contribution in [0.15, 0.2) is 30.3 Å². The number of esters is 1. The number of fused-ring (bicyclic) bond motifs is 1. The Kier molecular flexibility index (Phi) is 3.46. The van der Waals surface area contributed by atoms with Crippen molar-refractivity contribution >= 4 is 23.6 Å². The Morgan fingerprint density at radius 1 is 1.45 bits per heavy atom. The molecule has 20 heavy (non-hydrogen) atoms. The minimum Gasteiger partial charge on any atom is -0.465 e. The molecule has 0 spiro atoms. The number of carbonyl (C=O) groups is 2. The molecule has 0 aliphatic carbocycles. The molecular weight excluding hydrogens is 274 g/mol. The number of thioether (sulfide) groups is 1. The number of rotatable bonds is 3. The Labute approximate surface area is 122 Å². The number of amides is 1. The molecule has 3 rings (SSSR count). The number of nitrogens with zero attached hydrogens (tertiary/aromatic N) is 1. The zero-order valence-electron chi connectivity index (χ0n) is 11.4. The van der Waals surface area contributed by atoms with Gasteiger partial charge in [-0.2, -0.15) is 0 Å².